The van der Waals surface area contributed by atoms with Crippen LogP contribution in [-0.2, 0) is 12.4 Å². The second-order valence-electron chi connectivity index (χ2n) is 2.62. The summed E-state index contributed by atoms with van der Waals surface area (Å²) in [5, 5.41) is 0. The molecule has 0 aromatic carbocycles. The Hall–Kier alpha value is -1.47. The number of hydrogen-bond acceptors (Lipinski definition) is 1. The average molecular weight is 231 g/mol. The lowest BCUT2D eigenvalue weighted by molar-refractivity contribution is -0.145. The van der Waals surface area contributed by atoms with E-state index in [0.29, 0.717) is 0 Å². The number of H-pyrrole nitrogens is 1. The van der Waals surface area contributed by atoms with Gasteiger partial charge in [0.15, 0.2) is 5.43 Å². The molecule has 0 aliphatic rings. The Balaban J connectivity index is 3.28. The lowest BCUT2D eigenvalue weighted by Crippen LogP contribution is -2.22. The maximum atomic E-state index is 12.0. The molecule has 1 aromatic rings. The van der Waals surface area contributed by atoms with Crippen molar-refractivity contribution in [1.82, 2.24) is 4.98 Å². The minimum atomic E-state index is -4.96. The van der Waals surface area contributed by atoms with Crippen LogP contribution in [0.1, 0.15) is 11.3 Å². The molecule has 1 aromatic heterocycles. The smallest absolute Gasteiger partial charge is 0.357 e. The third-order valence-corrected chi connectivity index (χ3v) is 1.52. The second kappa shape index (κ2) is 3.28. The highest BCUT2D eigenvalue weighted by molar-refractivity contribution is 5.18. The van der Waals surface area contributed by atoms with Crippen LogP contribution >= 0.6 is 0 Å². The summed E-state index contributed by atoms with van der Waals surface area (Å²) in [7, 11) is 0. The van der Waals surface area contributed by atoms with Gasteiger partial charge in [0.2, 0.25) is 0 Å². The standard InChI is InChI=1S/C7H3F6NO/c8-6(9,10)3-2-14-5(1-4(3)15)7(11,12)13/h1-2H,(H,14,15). The molecule has 1 rings (SSSR count). The lowest BCUT2D eigenvalue weighted by Gasteiger charge is -2.08. The van der Waals surface area contributed by atoms with Crippen LogP contribution in [0.15, 0.2) is 17.1 Å². The summed E-state index contributed by atoms with van der Waals surface area (Å²) in [4.78, 5) is 12.1. The maximum absolute atomic E-state index is 12.0. The van der Waals surface area contributed by atoms with E-state index in [4.69, 9.17) is 0 Å². The van der Waals surface area contributed by atoms with E-state index in [1.807, 2.05) is 0 Å². The third kappa shape index (κ3) is 2.51. The zero-order chi connectivity index (χ0) is 11.9. The number of alkyl halides is 6. The Morgan fingerprint density at radius 3 is 1.87 bits per heavy atom. The third-order valence-electron chi connectivity index (χ3n) is 1.52. The molecule has 0 unspecified atom stereocenters. The highest BCUT2D eigenvalue weighted by Crippen LogP contribution is 2.29. The fourth-order valence-corrected chi connectivity index (χ4v) is 0.857. The molecule has 0 aliphatic carbocycles. The zero-order valence-corrected chi connectivity index (χ0v) is 6.83. The number of pyridine rings is 1. The average Bonchev–Trinajstić information content (AvgIpc) is 1.99. The van der Waals surface area contributed by atoms with Gasteiger partial charge in [0, 0.05) is 12.3 Å². The fraction of sp³-hybridized carbons (Fsp3) is 0.286. The summed E-state index contributed by atoms with van der Waals surface area (Å²) in [6, 6.07) is -0.122. The van der Waals surface area contributed by atoms with Gasteiger partial charge >= 0.3 is 12.4 Å². The molecule has 0 saturated carbocycles. The zero-order valence-electron chi connectivity index (χ0n) is 6.83. The van der Waals surface area contributed by atoms with E-state index >= 15 is 0 Å². The number of aromatic nitrogens is 1. The van der Waals surface area contributed by atoms with Crippen LogP contribution < -0.4 is 5.43 Å². The highest BCUT2D eigenvalue weighted by Gasteiger charge is 2.37. The van der Waals surface area contributed by atoms with Crippen molar-refractivity contribution < 1.29 is 26.3 Å². The number of halogens is 6. The molecule has 0 bridgehead atoms. The van der Waals surface area contributed by atoms with E-state index in [1.54, 1.807) is 0 Å². The minimum Gasteiger partial charge on any atom is -0.357 e. The number of hydrogen-bond donors (Lipinski definition) is 1. The van der Waals surface area contributed by atoms with Gasteiger partial charge in [0.1, 0.15) is 11.3 Å². The summed E-state index contributed by atoms with van der Waals surface area (Å²) in [5.74, 6) is 0. The second-order valence-corrected chi connectivity index (χ2v) is 2.62. The van der Waals surface area contributed by atoms with Crippen LogP contribution in [0, 0.1) is 0 Å². The Morgan fingerprint density at radius 1 is 1.00 bits per heavy atom. The van der Waals surface area contributed by atoms with Gasteiger partial charge < -0.3 is 4.98 Å². The largest absolute Gasteiger partial charge is 0.431 e. The van der Waals surface area contributed by atoms with Gasteiger partial charge in [0.05, 0.1) is 0 Å². The van der Waals surface area contributed by atoms with Crippen molar-refractivity contribution in [3.05, 3.63) is 33.7 Å². The molecule has 0 aliphatic heterocycles. The molecule has 8 heteroatoms. The van der Waals surface area contributed by atoms with E-state index in [0.717, 1.165) is 0 Å². The predicted octanol–water partition coefficient (Wildman–Crippen LogP) is 2.41. The van der Waals surface area contributed by atoms with E-state index in [2.05, 4.69) is 0 Å². The van der Waals surface area contributed by atoms with E-state index in [-0.39, 0.29) is 12.3 Å². The maximum Gasteiger partial charge on any atom is 0.431 e. The Labute approximate surface area is 78.5 Å². The minimum absolute atomic E-state index is 0.00512. The van der Waals surface area contributed by atoms with Crippen LogP contribution in [0.5, 0.6) is 0 Å². The van der Waals surface area contributed by atoms with Crippen LogP contribution in [0.25, 0.3) is 0 Å². The Morgan fingerprint density at radius 2 is 1.53 bits per heavy atom. The SMILES string of the molecule is O=c1cc(C(F)(F)F)[nH]cc1C(F)(F)F. The van der Waals surface area contributed by atoms with Crippen molar-refractivity contribution in [2.75, 3.05) is 0 Å². The van der Waals surface area contributed by atoms with Crippen molar-refractivity contribution in [2.24, 2.45) is 0 Å². The topological polar surface area (TPSA) is 32.9 Å². The van der Waals surface area contributed by atoms with Gasteiger partial charge in [0.25, 0.3) is 0 Å². The van der Waals surface area contributed by atoms with Crippen molar-refractivity contribution in [1.29, 1.82) is 0 Å². The van der Waals surface area contributed by atoms with Gasteiger partial charge in [-0.15, -0.1) is 0 Å². The molecule has 15 heavy (non-hydrogen) atoms. The normalized spacial score (nSPS) is 12.9. The first-order valence-corrected chi connectivity index (χ1v) is 3.49. The summed E-state index contributed by atoms with van der Waals surface area (Å²) >= 11 is 0. The van der Waals surface area contributed by atoms with Crippen molar-refractivity contribution in [2.45, 2.75) is 12.4 Å². The molecule has 0 atom stereocenters. The van der Waals surface area contributed by atoms with Gasteiger partial charge in [-0.3, -0.25) is 4.79 Å². The van der Waals surface area contributed by atoms with E-state index in [1.165, 1.54) is 4.98 Å². The highest BCUT2D eigenvalue weighted by atomic mass is 19.4. The molecule has 2 nitrogen and oxygen atoms in total. The Kier molecular flexibility index (Phi) is 2.54. The summed E-state index contributed by atoms with van der Waals surface area (Å²) < 4.78 is 71.8. The molecular weight excluding hydrogens is 228 g/mol. The first-order valence-electron chi connectivity index (χ1n) is 3.49. The molecule has 0 saturated heterocycles. The quantitative estimate of drug-likeness (QED) is 0.683. The van der Waals surface area contributed by atoms with E-state index < -0.39 is 29.0 Å². The predicted molar refractivity (Wildman–Crippen MR) is 37.1 cm³/mol. The lowest BCUT2D eigenvalue weighted by atomic mass is 10.2. The summed E-state index contributed by atoms with van der Waals surface area (Å²) in [6.07, 6.45) is -9.83. The monoisotopic (exact) mass is 231 g/mol. The molecule has 84 valence electrons. The molecule has 0 fully saturated rings. The van der Waals surface area contributed by atoms with E-state index in [9.17, 15) is 31.1 Å². The first-order chi connectivity index (χ1) is 6.62. The first kappa shape index (κ1) is 11.6. The Bertz CT molecular complexity index is 415. The molecule has 1 N–H and O–H groups in total. The van der Waals surface area contributed by atoms with Gasteiger partial charge in [-0.05, 0) is 0 Å². The molecule has 0 amide bonds. The molecular formula is C7H3F6NO. The van der Waals surface area contributed by atoms with Crippen molar-refractivity contribution in [3.63, 3.8) is 0 Å². The van der Waals surface area contributed by atoms with Crippen LogP contribution in [0.2, 0.25) is 0 Å². The molecule has 1 heterocycles. The van der Waals surface area contributed by atoms with Crippen molar-refractivity contribution in [3.8, 4) is 0 Å². The fourth-order valence-electron chi connectivity index (χ4n) is 0.857. The van der Waals surface area contributed by atoms with Crippen LogP contribution in [0.3, 0.4) is 0 Å². The van der Waals surface area contributed by atoms with Gasteiger partial charge in [-0.1, -0.05) is 0 Å². The molecule has 0 spiro atoms. The van der Waals surface area contributed by atoms with Crippen LogP contribution in [0.4, 0.5) is 26.3 Å². The van der Waals surface area contributed by atoms with Gasteiger partial charge in [-0.25, -0.2) is 0 Å². The number of rotatable bonds is 0. The number of nitrogens with one attached hydrogen (secondary N) is 1. The van der Waals surface area contributed by atoms with Gasteiger partial charge in [-0.2, -0.15) is 26.3 Å². The van der Waals surface area contributed by atoms with Crippen LogP contribution in [-0.4, -0.2) is 4.98 Å². The van der Waals surface area contributed by atoms with Crippen molar-refractivity contribution >= 4 is 0 Å². The summed E-state index contributed by atoms with van der Waals surface area (Å²) in [5.41, 5.74) is -4.88. The molecule has 0 radical (unpaired) electrons. The number of aromatic amines is 1. The summed E-state index contributed by atoms with van der Waals surface area (Å²) in [6.45, 7) is 0.